The van der Waals surface area contributed by atoms with Gasteiger partial charge in [0, 0.05) is 81.8 Å². The van der Waals surface area contributed by atoms with E-state index in [-0.39, 0.29) is 30.2 Å². The molecule has 3 aromatic carbocycles. The summed E-state index contributed by atoms with van der Waals surface area (Å²) in [6, 6.07) is 21.4. The molecule has 0 spiro atoms. The number of methoxy groups -OCH3 is 1. The number of piperazine rings is 1. The lowest BCUT2D eigenvalue weighted by molar-refractivity contribution is -0.143. The lowest BCUT2D eigenvalue weighted by atomic mass is 9.95. The largest absolute Gasteiger partial charge is 0.372 e. The van der Waals surface area contributed by atoms with Gasteiger partial charge in [-0.2, -0.15) is 5.10 Å². The number of hydrogen-bond acceptors (Lipinski definition) is 11. The molecule has 310 valence electrons. The number of anilines is 3. The lowest BCUT2D eigenvalue weighted by Gasteiger charge is -2.40. The fraction of sp³-hybridized carbons (Fsp3) is 0.386. The van der Waals surface area contributed by atoms with E-state index in [0.717, 1.165) is 91.8 Å². The van der Waals surface area contributed by atoms with Gasteiger partial charge in [0.05, 0.1) is 29.9 Å². The topological polar surface area (TPSA) is 181 Å². The minimum atomic E-state index is -0.978. The van der Waals surface area contributed by atoms with E-state index in [4.69, 9.17) is 4.74 Å². The second kappa shape index (κ2) is 16.3. The number of imide groups is 2. The van der Waals surface area contributed by atoms with E-state index in [1.54, 1.807) is 17.0 Å². The molecule has 1 aromatic heterocycles. The van der Waals surface area contributed by atoms with Crippen molar-refractivity contribution in [3.8, 4) is 0 Å². The summed E-state index contributed by atoms with van der Waals surface area (Å²) in [5, 5.41) is 12.5. The molecule has 5 aliphatic rings. The Morgan fingerprint density at radius 3 is 2.23 bits per heavy atom. The van der Waals surface area contributed by atoms with Crippen LogP contribution in [0.25, 0.3) is 0 Å². The summed E-state index contributed by atoms with van der Waals surface area (Å²) in [4.78, 5) is 87.0. The third kappa shape index (κ3) is 7.52. The number of hydrogen-bond donors (Lipinski definition) is 3. The molecular formula is C44H47N9O7. The average Bonchev–Trinajstić information content (AvgIpc) is 3.94. The molecule has 1 unspecified atom stereocenters. The van der Waals surface area contributed by atoms with Gasteiger partial charge in [-0.15, -0.1) is 0 Å². The highest BCUT2D eigenvalue weighted by atomic mass is 16.5. The molecule has 0 bridgehead atoms. The third-order valence-corrected chi connectivity index (χ3v) is 12.5. The van der Waals surface area contributed by atoms with Crippen LogP contribution in [0.3, 0.4) is 0 Å². The van der Waals surface area contributed by atoms with E-state index in [2.05, 4.69) is 35.5 Å². The molecule has 60 heavy (non-hydrogen) atoms. The van der Waals surface area contributed by atoms with E-state index < -0.39 is 35.8 Å². The highest BCUT2D eigenvalue weighted by molar-refractivity contribution is 6.23. The van der Waals surface area contributed by atoms with E-state index >= 15 is 0 Å². The maximum Gasteiger partial charge on any atom is 0.262 e. The molecule has 2 atom stereocenters. The number of fused-ring (bicyclic) bond motifs is 2. The van der Waals surface area contributed by atoms with Crippen LogP contribution in [0.1, 0.15) is 79.7 Å². The van der Waals surface area contributed by atoms with Crippen molar-refractivity contribution in [1.29, 1.82) is 0 Å². The normalized spacial score (nSPS) is 20.3. The van der Waals surface area contributed by atoms with Crippen molar-refractivity contribution in [2.24, 2.45) is 5.92 Å². The Hall–Kier alpha value is -6.39. The monoisotopic (exact) mass is 813 g/mol. The first-order valence-electron chi connectivity index (χ1n) is 20.6. The maximum absolute atomic E-state index is 13.4. The van der Waals surface area contributed by atoms with Crippen LogP contribution in [-0.4, -0.2) is 119 Å². The van der Waals surface area contributed by atoms with Crippen LogP contribution < -0.4 is 20.4 Å². The van der Waals surface area contributed by atoms with Gasteiger partial charge in [-0.3, -0.25) is 49.0 Å². The van der Waals surface area contributed by atoms with E-state index in [9.17, 15) is 28.8 Å². The Morgan fingerprint density at radius 2 is 1.52 bits per heavy atom. The van der Waals surface area contributed by atoms with Gasteiger partial charge in [0.15, 0.2) is 11.9 Å². The average molecular weight is 814 g/mol. The number of benzene rings is 3. The number of nitrogens with zero attached hydrogens (tertiary/aromatic N) is 6. The zero-order valence-corrected chi connectivity index (χ0v) is 33.4. The summed E-state index contributed by atoms with van der Waals surface area (Å²) < 4.78 is 5.55. The van der Waals surface area contributed by atoms with Crippen molar-refractivity contribution in [2.75, 3.05) is 68.0 Å². The van der Waals surface area contributed by atoms with Crippen LogP contribution in [-0.2, 0) is 32.2 Å². The molecular weight excluding hydrogens is 767 g/mol. The number of nitrogens with one attached hydrogen (secondary N) is 3. The summed E-state index contributed by atoms with van der Waals surface area (Å²) >= 11 is 0. The van der Waals surface area contributed by atoms with Gasteiger partial charge in [0.2, 0.25) is 11.8 Å². The van der Waals surface area contributed by atoms with Crippen LogP contribution in [0.15, 0.2) is 72.8 Å². The minimum absolute atomic E-state index is 0.0873. The fourth-order valence-corrected chi connectivity index (χ4v) is 9.16. The summed E-state index contributed by atoms with van der Waals surface area (Å²) in [6.07, 6.45) is 1.63. The number of carbonyl (C=O) groups excluding carboxylic acids is 6. The van der Waals surface area contributed by atoms with Gasteiger partial charge in [-0.25, -0.2) is 0 Å². The van der Waals surface area contributed by atoms with Crippen LogP contribution in [0, 0.1) is 5.92 Å². The van der Waals surface area contributed by atoms with Gasteiger partial charge in [-0.1, -0.05) is 30.3 Å². The number of aromatic amines is 1. The molecule has 9 rings (SSSR count). The van der Waals surface area contributed by atoms with E-state index in [0.29, 0.717) is 36.0 Å². The SMILES string of the molecule is CO[C@@H](C(=O)N1Cc2[nH]nc(NC(=O)c3ccc(N4CCC(CN5CCN(c6ccc7c(c6)C(=O)N(C6CCC(=O)NC6=O)C7=O)CC5)CC4)cc3)c2C1)c1ccccc1. The quantitative estimate of drug-likeness (QED) is 0.200. The van der Waals surface area contributed by atoms with Gasteiger partial charge in [0.25, 0.3) is 23.6 Å². The molecule has 6 heterocycles. The Bertz CT molecular complexity index is 2330. The number of H-pyrrole nitrogens is 1. The second-order valence-electron chi connectivity index (χ2n) is 16.1. The third-order valence-electron chi connectivity index (χ3n) is 12.5. The van der Waals surface area contributed by atoms with Crippen LogP contribution in [0.5, 0.6) is 0 Å². The van der Waals surface area contributed by atoms with Gasteiger partial charge < -0.3 is 24.8 Å². The van der Waals surface area contributed by atoms with E-state index in [1.807, 2.05) is 60.7 Å². The molecule has 6 amide bonds. The van der Waals surface area contributed by atoms with Gasteiger partial charge in [-0.05, 0) is 73.2 Å². The molecule has 0 aliphatic carbocycles. The first-order chi connectivity index (χ1) is 29.1. The predicted octanol–water partition coefficient (Wildman–Crippen LogP) is 3.33. The van der Waals surface area contributed by atoms with Crippen molar-refractivity contribution in [3.05, 3.63) is 106 Å². The number of piperidine rings is 2. The minimum Gasteiger partial charge on any atom is -0.372 e. The first kappa shape index (κ1) is 39.1. The van der Waals surface area contributed by atoms with Crippen LogP contribution in [0.2, 0.25) is 0 Å². The Balaban J connectivity index is 0.727. The van der Waals surface area contributed by atoms with Crippen molar-refractivity contribution >= 4 is 52.6 Å². The van der Waals surface area contributed by atoms with Gasteiger partial charge >= 0.3 is 0 Å². The molecule has 3 fully saturated rings. The van der Waals surface area contributed by atoms with E-state index in [1.165, 1.54) is 7.11 Å². The van der Waals surface area contributed by atoms with Gasteiger partial charge in [0.1, 0.15) is 6.04 Å². The Labute approximate surface area is 346 Å². The zero-order chi connectivity index (χ0) is 41.5. The molecule has 16 nitrogen and oxygen atoms in total. The molecule has 3 N–H and O–H groups in total. The number of amides is 6. The number of carbonyl (C=O) groups is 6. The fourth-order valence-electron chi connectivity index (χ4n) is 9.16. The number of aromatic nitrogens is 2. The standard InChI is InChI=1S/C44H47N9O7/c1-60-38(28-5-3-2-4-6-28)44(59)52-25-34-35(26-52)47-48-39(34)46-40(55)29-7-9-30(10-8-29)50-17-15-27(16-18-50)24-49-19-21-51(22-20-49)31-11-12-32-33(23-31)43(58)53(42(32)57)36-13-14-37(54)45-41(36)56/h2-12,23,27,36,38H,13-22,24-26H2,1H3,(H,45,54,56)(H2,46,47,48,55)/t36?,38-/m1/s1. The smallest absolute Gasteiger partial charge is 0.262 e. The number of rotatable bonds is 10. The van der Waals surface area contributed by atoms with Crippen molar-refractivity contribution < 1.29 is 33.5 Å². The summed E-state index contributed by atoms with van der Waals surface area (Å²) in [6.45, 7) is 6.90. The van der Waals surface area contributed by atoms with Crippen LogP contribution in [0.4, 0.5) is 17.2 Å². The summed E-state index contributed by atoms with van der Waals surface area (Å²) in [5.41, 5.74) is 5.43. The second-order valence-corrected chi connectivity index (χ2v) is 16.1. The lowest BCUT2D eigenvalue weighted by Crippen LogP contribution is -2.54. The highest BCUT2D eigenvalue weighted by Gasteiger charge is 2.45. The maximum atomic E-state index is 13.4. The first-order valence-corrected chi connectivity index (χ1v) is 20.6. The molecule has 5 aliphatic heterocycles. The number of ether oxygens (including phenoxy) is 1. The summed E-state index contributed by atoms with van der Waals surface area (Å²) in [5.74, 6) is -1.42. The Morgan fingerprint density at radius 1 is 0.817 bits per heavy atom. The predicted molar refractivity (Wildman–Crippen MR) is 220 cm³/mol. The van der Waals surface area contributed by atoms with Crippen molar-refractivity contribution in [1.82, 2.24) is 30.2 Å². The van der Waals surface area contributed by atoms with Crippen LogP contribution >= 0.6 is 0 Å². The molecule has 4 aromatic rings. The van der Waals surface area contributed by atoms with Crippen molar-refractivity contribution in [3.63, 3.8) is 0 Å². The highest BCUT2D eigenvalue weighted by Crippen LogP contribution is 2.33. The van der Waals surface area contributed by atoms with Crippen molar-refractivity contribution in [2.45, 2.75) is 50.9 Å². The molecule has 3 saturated heterocycles. The summed E-state index contributed by atoms with van der Waals surface area (Å²) in [7, 11) is 1.52. The molecule has 0 radical (unpaired) electrons. The molecule has 0 saturated carbocycles. The zero-order valence-electron chi connectivity index (χ0n) is 33.4. The Kier molecular flexibility index (Phi) is 10.6. The molecule has 16 heteroatoms.